The Morgan fingerprint density at radius 2 is 2.43 bits per heavy atom. The van der Waals surface area contributed by atoms with Crippen molar-refractivity contribution in [2.24, 2.45) is 0 Å². The number of aromatic nitrogens is 2. The van der Waals surface area contributed by atoms with Crippen molar-refractivity contribution in [2.45, 2.75) is 17.5 Å². The van der Waals surface area contributed by atoms with E-state index in [1.54, 1.807) is 30.4 Å². The lowest BCUT2D eigenvalue weighted by molar-refractivity contribution is 0.246. The molecule has 78 valence electrons. The lowest BCUT2D eigenvalue weighted by Gasteiger charge is -2.11. The largest absolute Gasteiger partial charge is 0.395 e. The molecule has 0 aliphatic rings. The van der Waals surface area contributed by atoms with Crippen LogP contribution in [-0.4, -0.2) is 40.5 Å². The Kier molecular flexibility index (Phi) is 5.51. The summed E-state index contributed by atoms with van der Waals surface area (Å²) < 4.78 is 0. The Labute approximate surface area is 88.2 Å². The quantitative estimate of drug-likeness (QED) is 0.675. The molecule has 1 heterocycles. The van der Waals surface area contributed by atoms with E-state index < -0.39 is 0 Å². The normalized spacial score (nSPS) is 12.7. The number of hydrogen-bond acceptors (Lipinski definition) is 5. The summed E-state index contributed by atoms with van der Waals surface area (Å²) in [5.41, 5.74) is 0. The molecule has 14 heavy (non-hydrogen) atoms. The van der Waals surface area contributed by atoms with Gasteiger partial charge in [0.05, 0.1) is 12.8 Å². The van der Waals surface area contributed by atoms with E-state index in [0.717, 1.165) is 17.2 Å². The summed E-state index contributed by atoms with van der Waals surface area (Å²) in [6.07, 6.45) is 6.02. The lowest BCUT2D eigenvalue weighted by Crippen LogP contribution is -2.29. The molecule has 1 aromatic heterocycles. The summed E-state index contributed by atoms with van der Waals surface area (Å²) in [4.78, 5) is 8.12. The third-order valence-electron chi connectivity index (χ3n) is 1.88. The van der Waals surface area contributed by atoms with E-state index in [2.05, 4.69) is 15.3 Å². The molecule has 0 saturated carbocycles. The SMILES string of the molecule is CNC(CO)CCSc1cnccn1. The summed E-state index contributed by atoms with van der Waals surface area (Å²) in [6.45, 7) is 0.178. The topological polar surface area (TPSA) is 58.0 Å². The minimum atomic E-state index is 0.178. The Hall–Kier alpha value is -0.650. The highest BCUT2D eigenvalue weighted by atomic mass is 32.2. The van der Waals surface area contributed by atoms with Crippen molar-refractivity contribution in [1.82, 2.24) is 15.3 Å². The van der Waals surface area contributed by atoms with Gasteiger partial charge in [0.2, 0.25) is 0 Å². The fraction of sp³-hybridized carbons (Fsp3) is 0.556. The van der Waals surface area contributed by atoms with Crippen molar-refractivity contribution >= 4 is 11.8 Å². The molecular formula is C9H15N3OS. The molecule has 0 bridgehead atoms. The highest BCUT2D eigenvalue weighted by molar-refractivity contribution is 7.99. The van der Waals surface area contributed by atoms with Gasteiger partial charge < -0.3 is 10.4 Å². The first-order valence-electron chi connectivity index (χ1n) is 4.53. The van der Waals surface area contributed by atoms with Gasteiger partial charge in [-0.25, -0.2) is 4.98 Å². The van der Waals surface area contributed by atoms with Crippen LogP contribution in [0.2, 0.25) is 0 Å². The van der Waals surface area contributed by atoms with Gasteiger partial charge >= 0.3 is 0 Å². The first-order chi connectivity index (χ1) is 6.86. The number of hydrogen-bond donors (Lipinski definition) is 2. The maximum Gasteiger partial charge on any atom is 0.114 e. The number of nitrogens with zero attached hydrogens (tertiary/aromatic N) is 2. The molecule has 1 rings (SSSR count). The molecule has 0 saturated heterocycles. The van der Waals surface area contributed by atoms with Gasteiger partial charge in [-0.1, -0.05) is 0 Å². The van der Waals surface area contributed by atoms with E-state index in [1.165, 1.54) is 0 Å². The summed E-state index contributed by atoms with van der Waals surface area (Å²) in [6, 6.07) is 0.180. The van der Waals surface area contributed by atoms with Crippen LogP contribution in [0, 0.1) is 0 Å². The third kappa shape index (κ3) is 4.04. The van der Waals surface area contributed by atoms with Crippen LogP contribution in [0.1, 0.15) is 6.42 Å². The van der Waals surface area contributed by atoms with E-state index in [0.29, 0.717) is 0 Å². The average molecular weight is 213 g/mol. The highest BCUT2D eigenvalue weighted by Crippen LogP contribution is 2.14. The standard InChI is InChI=1S/C9H15N3OS/c1-10-8(7-13)2-5-14-9-6-11-3-4-12-9/h3-4,6,8,10,13H,2,5,7H2,1H3. The second-order valence-electron chi connectivity index (χ2n) is 2.85. The van der Waals surface area contributed by atoms with Gasteiger partial charge in [-0.3, -0.25) is 4.98 Å². The average Bonchev–Trinajstić information content (AvgIpc) is 2.26. The van der Waals surface area contributed by atoms with Crippen LogP contribution in [0.3, 0.4) is 0 Å². The smallest absolute Gasteiger partial charge is 0.114 e. The molecule has 0 aromatic carbocycles. The van der Waals surface area contributed by atoms with Gasteiger partial charge in [-0.15, -0.1) is 11.8 Å². The Balaban J connectivity index is 2.21. The monoisotopic (exact) mass is 213 g/mol. The summed E-state index contributed by atoms with van der Waals surface area (Å²) in [5.74, 6) is 0.935. The van der Waals surface area contributed by atoms with Crippen LogP contribution in [0.15, 0.2) is 23.6 Å². The fourth-order valence-electron chi connectivity index (χ4n) is 0.993. The molecule has 0 fully saturated rings. The van der Waals surface area contributed by atoms with Crippen LogP contribution >= 0.6 is 11.8 Å². The van der Waals surface area contributed by atoms with Crippen molar-refractivity contribution in [3.63, 3.8) is 0 Å². The highest BCUT2D eigenvalue weighted by Gasteiger charge is 2.03. The molecule has 5 heteroatoms. The summed E-state index contributed by atoms with van der Waals surface area (Å²) in [7, 11) is 1.86. The van der Waals surface area contributed by atoms with Crippen LogP contribution < -0.4 is 5.32 Å². The summed E-state index contributed by atoms with van der Waals surface area (Å²) in [5, 5.41) is 12.9. The predicted molar refractivity (Wildman–Crippen MR) is 57.3 cm³/mol. The number of rotatable bonds is 6. The van der Waals surface area contributed by atoms with Crippen molar-refractivity contribution in [1.29, 1.82) is 0 Å². The number of thioether (sulfide) groups is 1. The van der Waals surface area contributed by atoms with Gasteiger partial charge in [-0.05, 0) is 13.5 Å². The number of nitrogens with one attached hydrogen (secondary N) is 1. The van der Waals surface area contributed by atoms with E-state index in [1.807, 2.05) is 7.05 Å². The fourth-order valence-corrected chi connectivity index (χ4v) is 1.87. The first kappa shape index (κ1) is 11.4. The lowest BCUT2D eigenvalue weighted by atomic mass is 10.2. The molecule has 0 aliphatic carbocycles. The zero-order valence-corrected chi connectivity index (χ0v) is 9.00. The van der Waals surface area contributed by atoms with Gasteiger partial charge in [0.15, 0.2) is 0 Å². The molecule has 1 unspecified atom stereocenters. The molecule has 0 aliphatic heterocycles. The molecule has 1 atom stereocenters. The van der Waals surface area contributed by atoms with E-state index in [9.17, 15) is 0 Å². The second-order valence-corrected chi connectivity index (χ2v) is 3.96. The minimum absolute atomic E-state index is 0.178. The Morgan fingerprint density at radius 1 is 1.57 bits per heavy atom. The number of aliphatic hydroxyl groups is 1. The third-order valence-corrected chi connectivity index (χ3v) is 2.83. The second kappa shape index (κ2) is 6.75. The van der Waals surface area contributed by atoms with Gasteiger partial charge in [0, 0.05) is 24.2 Å². The van der Waals surface area contributed by atoms with E-state index in [4.69, 9.17) is 5.11 Å². The van der Waals surface area contributed by atoms with E-state index >= 15 is 0 Å². The summed E-state index contributed by atoms with van der Waals surface area (Å²) >= 11 is 1.65. The van der Waals surface area contributed by atoms with Crippen LogP contribution in [0.25, 0.3) is 0 Å². The maximum atomic E-state index is 8.92. The number of aliphatic hydroxyl groups excluding tert-OH is 1. The van der Waals surface area contributed by atoms with Crippen LogP contribution in [0.5, 0.6) is 0 Å². The Morgan fingerprint density at radius 3 is 3.00 bits per heavy atom. The predicted octanol–water partition coefficient (Wildman–Crippen LogP) is 0.539. The Bertz CT molecular complexity index is 241. The molecule has 1 aromatic rings. The molecule has 4 nitrogen and oxygen atoms in total. The first-order valence-corrected chi connectivity index (χ1v) is 5.52. The van der Waals surface area contributed by atoms with Crippen molar-refractivity contribution in [2.75, 3.05) is 19.4 Å². The van der Waals surface area contributed by atoms with E-state index in [-0.39, 0.29) is 12.6 Å². The van der Waals surface area contributed by atoms with Crippen molar-refractivity contribution in [3.05, 3.63) is 18.6 Å². The van der Waals surface area contributed by atoms with Gasteiger partial charge in [-0.2, -0.15) is 0 Å². The van der Waals surface area contributed by atoms with Crippen LogP contribution in [0.4, 0.5) is 0 Å². The van der Waals surface area contributed by atoms with Crippen molar-refractivity contribution < 1.29 is 5.11 Å². The van der Waals surface area contributed by atoms with Crippen LogP contribution in [-0.2, 0) is 0 Å². The molecule has 0 radical (unpaired) electrons. The molecule has 2 N–H and O–H groups in total. The minimum Gasteiger partial charge on any atom is -0.395 e. The van der Waals surface area contributed by atoms with Crippen molar-refractivity contribution in [3.8, 4) is 0 Å². The van der Waals surface area contributed by atoms with Gasteiger partial charge in [0.1, 0.15) is 5.03 Å². The maximum absolute atomic E-state index is 8.92. The number of likely N-dealkylation sites (N-methyl/N-ethyl adjacent to an activating group) is 1. The zero-order chi connectivity index (χ0) is 10.2. The molecular weight excluding hydrogens is 198 g/mol. The zero-order valence-electron chi connectivity index (χ0n) is 8.18. The molecule has 0 amide bonds. The van der Waals surface area contributed by atoms with Gasteiger partial charge in [0.25, 0.3) is 0 Å². The molecule has 0 spiro atoms.